The van der Waals surface area contributed by atoms with Crippen LogP contribution in [-0.2, 0) is 20.9 Å². The van der Waals surface area contributed by atoms with Crippen LogP contribution in [0.2, 0.25) is 0 Å². The molecule has 3 rings (SSSR count). The molecule has 0 fully saturated rings. The summed E-state index contributed by atoms with van der Waals surface area (Å²) in [5, 5.41) is 2.45. The molecule has 23 heavy (non-hydrogen) atoms. The van der Waals surface area contributed by atoms with Gasteiger partial charge in [0.05, 0.1) is 5.39 Å². The van der Waals surface area contributed by atoms with Crippen molar-refractivity contribution in [3.8, 4) is 11.1 Å². The van der Waals surface area contributed by atoms with Gasteiger partial charge in [0.2, 0.25) is 0 Å². The predicted molar refractivity (Wildman–Crippen MR) is 87.3 cm³/mol. The van der Waals surface area contributed by atoms with Crippen molar-refractivity contribution in [1.82, 2.24) is 9.97 Å². The van der Waals surface area contributed by atoms with Gasteiger partial charge in [-0.3, -0.25) is 4.79 Å². The van der Waals surface area contributed by atoms with Gasteiger partial charge < -0.3 is 14.5 Å². The topological polar surface area (TPSA) is 81.3 Å². The molecule has 0 radical (unpaired) electrons. The molecule has 3 aromatic rings. The Morgan fingerprint density at radius 3 is 2.83 bits per heavy atom. The van der Waals surface area contributed by atoms with Crippen molar-refractivity contribution in [2.24, 2.45) is 0 Å². The Morgan fingerprint density at radius 1 is 1.30 bits per heavy atom. The van der Waals surface area contributed by atoms with Gasteiger partial charge in [0.15, 0.2) is 0 Å². The second-order valence-corrected chi connectivity index (χ2v) is 5.66. The number of H-pyrrole nitrogens is 1. The number of hydrogen-bond donors (Lipinski definition) is 1. The summed E-state index contributed by atoms with van der Waals surface area (Å²) in [6.07, 6.45) is 0. The number of aromatic amines is 1. The lowest BCUT2D eigenvalue weighted by atomic mass is 10.1. The van der Waals surface area contributed by atoms with Crippen molar-refractivity contribution in [1.29, 1.82) is 0 Å². The lowest BCUT2D eigenvalue weighted by Crippen LogP contribution is -2.16. The normalized spacial score (nSPS) is 10.8. The van der Waals surface area contributed by atoms with E-state index < -0.39 is 5.97 Å². The molecule has 6 nitrogen and oxygen atoms in total. The summed E-state index contributed by atoms with van der Waals surface area (Å²) in [6, 6.07) is 9.66. The van der Waals surface area contributed by atoms with Gasteiger partial charge in [-0.25, -0.2) is 9.78 Å². The van der Waals surface area contributed by atoms with E-state index in [1.165, 1.54) is 18.4 Å². The largest absolute Gasteiger partial charge is 0.456 e. The van der Waals surface area contributed by atoms with E-state index in [4.69, 9.17) is 4.74 Å². The second-order valence-electron chi connectivity index (χ2n) is 4.80. The fourth-order valence-corrected chi connectivity index (χ4v) is 3.17. The Labute approximate surface area is 135 Å². The molecule has 0 saturated heterocycles. The van der Waals surface area contributed by atoms with Crippen LogP contribution in [0.5, 0.6) is 0 Å². The van der Waals surface area contributed by atoms with Crippen molar-refractivity contribution in [2.75, 3.05) is 13.7 Å². The lowest BCUT2D eigenvalue weighted by molar-refractivity contribution is -0.149. The van der Waals surface area contributed by atoms with Crippen LogP contribution in [0.1, 0.15) is 5.82 Å². The van der Waals surface area contributed by atoms with E-state index >= 15 is 0 Å². The van der Waals surface area contributed by atoms with Gasteiger partial charge in [-0.05, 0) is 5.56 Å². The second kappa shape index (κ2) is 6.72. The maximum Gasteiger partial charge on any atom is 0.332 e. The number of rotatable bonds is 5. The zero-order valence-corrected chi connectivity index (χ0v) is 13.2. The number of hydrogen-bond acceptors (Lipinski definition) is 6. The molecule has 1 N–H and O–H groups in total. The Bertz CT molecular complexity index is 886. The third-order valence-corrected chi connectivity index (χ3v) is 4.08. The summed E-state index contributed by atoms with van der Waals surface area (Å²) in [6.45, 7) is -0.227. The Morgan fingerprint density at radius 2 is 2.09 bits per heavy atom. The molecule has 0 atom stereocenters. The van der Waals surface area contributed by atoms with Gasteiger partial charge in [-0.15, -0.1) is 11.3 Å². The number of carbonyl (C=O) groups is 1. The summed E-state index contributed by atoms with van der Waals surface area (Å²) in [5.74, 6) is -0.195. The summed E-state index contributed by atoms with van der Waals surface area (Å²) in [5.41, 5.74) is 1.57. The fraction of sp³-hybridized carbons (Fsp3) is 0.188. The number of aromatic nitrogens is 2. The Kier molecular flexibility index (Phi) is 4.50. The zero-order chi connectivity index (χ0) is 16.2. The van der Waals surface area contributed by atoms with Gasteiger partial charge in [0.1, 0.15) is 23.9 Å². The number of methoxy groups -OCH3 is 1. The third-order valence-electron chi connectivity index (χ3n) is 3.21. The molecule has 7 heteroatoms. The van der Waals surface area contributed by atoms with E-state index in [-0.39, 0.29) is 18.8 Å². The van der Waals surface area contributed by atoms with Crippen molar-refractivity contribution >= 4 is 27.5 Å². The van der Waals surface area contributed by atoms with Crippen LogP contribution in [0.3, 0.4) is 0 Å². The standard InChI is InChI=1S/C16H14N2O4S/c1-21-8-13(19)22-7-12-17-15(20)14-11(9-23-16(14)18-12)10-5-3-2-4-6-10/h2-6,9H,7-8H2,1H3,(H,17,18,20). The summed E-state index contributed by atoms with van der Waals surface area (Å²) >= 11 is 1.39. The first kappa shape index (κ1) is 15.4. The number of nitrogens with zero attached hydrogens (tertiary/aromatic N) is 1. The molecule has 0 unspecified atom stereocenters. The van der Waals surface area contributed by atoms with Crippen molar-refractivity contribution in [3.05, 3.63) is 51.9 Å². The van der Waals surface area contributed by atoms with Crippen molar-refractivity contribution in [3.63, 3.8) is 0 Å². The van der Waals surface area contributed by atoms with Crippen LogP contribution >= 0.6 is 11.3 Å². The predicted octanol–water partition coefficient (Wildman–Crippen LogP) is 2.34. The van der Waals surface area contributed by atoms with E-state index in [9.17, 15) is 9.59 Å². The first-order valence-corrected chi connectivity index (χ1v) is 7.77. The third kappa shape index (κ3) is 3.30. The van der Waals surface area contributed by atoms with Gasteiger partial charge in [0.25, 0.3) is 5.56 Å². The number of thiophene rings is 1. The molecule has 1 aromatic carbocycles. The highest BCUT2D eigenvalue weighted by molar-refractivity contribution is 7.17. The highest BCUT2D eigenvalue weighted by Crippen LogP contribution is 2.30. The number of fused-ring (bicyclic) bond motifs is 1. The number of esters is 1. The Hall–Kier alpha value is -2.51. The molecule has 118 valence electrons. The van der Waals surface area contributed by atoms with E-state index in [0.717, 1.165) is 11.1 Å². The molecular formula is C16H14N2O4S. The minimum absolute atomic E-state index is 0.0913. The smallest absolute Gasteiger partial charge is 0.332 e. The van der Waals surface area contributed by atoms with Crippen molar-refractivity contribution < 1.29 is 14.3 Å². The number of benzene rings is 1. The first-order chi connectivity index (χ1) is 11.2. The van der Waals surface area contributed by atoms with Gasteiger partial charge in [-0.2, -0.15) is 0 Å². The molecule has 0 aliphatic carbocycles. The monoisotopic (exact) mass is 330 g/mol. The summed E-state index contributed by atoms with van der Waals surface area (Å²) < 4.78 is 9.65. The van der Waals surface area contributed by atoms with Crippen LogP contribution in [0.25, 0.3) is 21.3 Å². The molecule has 2 heterocycles. The molecule has 0 aliphatic heterocycles. The lowest BCUT2D eigenvalue weighted by Gasteiger charge is -2.04. The van der Waals surface area contributed by atoms with Gasteiger partial charge in [-0.1, -0.05) is 30.3 Å². The molecule has 0 saturated carbocycles. The van der Waals surface area contributed by atoms with Gasteiger partial charge >= 0.3 is 5.97 Å². The van der Waals surface area contributed by atoms with Crippen LogP contribution < -0.4 is 5.56 Å². The quantitative estimate of drug-likeness (QED) is 0.726. The van der Waals surface area contributed by atoms with Crippen LogP contribution in [-0.4, -0.2) is 29.7 Å². The molecule has 0 bridgehead atoms. The SMILES string of the molecule is COCC(=O)OCc1nc2scc(-c3ccccc3)c2c(=O)[nH]1. The average Bonchev–Trinajstić information content (AvgIpc) is 2.99. The minimum atomic E-state index is -0.508. The Balaban J connectivity index is 1.92. The van der Waals surface area contributed by atoms with E-state index in [1.807, 2.05) is 35.7 Å². The molecule has 0 spiro atoms. The number of nitrogens with one attached hydrogen (secondary N) is 1. The van der Waals surface area contributed by atoms with Crippen LogP contribution in [0, 0.1) is 0 Å². The maximum absolute atomic E-state index is 12.4. The van der Waals surface area contributed by atoms with E-state index in [2.05, 4.69) is 14.7 Å². The molecule has 0 aliphatic rings. The van der Waals surface area contributed by atoms with Crippen molar-refractivity contribution in [2.45, 2.75) is 6.61 Å². The van der Waals surface area contributed by atoms with E-state index in [0.29, 0.717) is 16.0 Å². The maximum atomic E-state index is 12.4. The highest BCUT2D eigenvalue weighted by atomic mass is 32.1. The number of carbonyl (C=O) groups excluding carboxylic acids is 1. The molecule has 2 aromatic heterocycles. The van der Waals surface area contributed by atoms with Gasteiger partial charge in [0, 0.05) is 18.1 Å². The van der Waals surface area contributed by atoms with Crippen LogP contribution in [0.15, 0.2) is 40.5 Å². The summed E-state index contributed by atoms with van der Waals surface area (Å²) in [4.78, 5) is 31.3. The highest BCUT2D eigenvalue weighted by Gasteiger charge is 2.13. The van der Waals surface area contributed by atoms with E-state index in [1.54, 1.807) is 0 Å². The molecular weight excluding hydrogens is 316 g/mol. The number of ether oxygens (including phenoxy) is 2. The zero-order valence-electron chi connectivity index (χ0n) is 12.4. The van der Waals surface area contributed by atoms with Crippen LogP contribution in [0.4, 0.5) is 0 Å². The fourth-order valence-electron chi connectivity index (χ4n) is 2.20. The minimum Gasteiger partial charge on any atom is -0.456 e. The molecule has 0 amide bonds. The first-order valence-electron chi connectivity index (χ1n) is 6.89. The summed E-state index contributed by atoms with van der Waals surface area (Å²) in [7, 11) is 1.41. The average molecular weight is 330 g/mol.